The van der Waals surface area contributed by atoms with Crippen LogP contribution in [0.3, 0.4) is 0 Å². The lowest BCUT2D eigenvalue weighted by molar-refractivity contribution is 0.101. The number of ether oxygens (including phenoxy) is 3. The molecule has 0 amide bonds. The molecule has 0 aromatic heterocycles. The summed E-state index contributed by atoms with van der Waals surface area (Å²) in [7, 11) is 3.12. The highest BCUT2D eigenvalue weighted by Crippen LogP contribution is 2.41. The van der Waals surface area contributed by atoms with Crippen molar-refractivity contribution in [3.8, 4) is 23.0 Å². The molecule has 0 bridgehead atoms. The molecule has 6 heteroatoms. The zero-order valence-corrected chi connectivity index (χ0v) is 16.7. The third-order valence-electron chi connectivity index (χ3n) is 5.47. The molecule has 1 saturated heterocycles. The van der Waals surface area contributed by atoms with Gasteiger partial charge in [0, 0.05) is 12.1 Å². The van der Waals surface area contributed by atoms with E-state index in [0.29, 0.717) is 40.5 Å². The average Bonchev–Trinajstić information content (AvgIpc) is 3.06. The first kappa shape index (κ1) is 19.3. The molecule has 2 aromatic rings. The minimum absolute atomic E-state index is 0.155. The lowest BCUT2D eigenvalue weighted by Gasteiger charge is -2.27. The quantitative estimate of drug-likeness (QED) is 0.772. The number of rotatable bonds is 5. The zero-order valence-electron chi connectivity index (χ0n) is 16.7. The van der Waals surface area contributed by atoms with Crippen molar-refractivity contribution < 1.29 is 24.1 Å². The second-order valence-corrected chi connectivity index (χ2v) is 7.30. The van der Waals surface area contributed by atoms with Gasteiger partial charge in [-0.25, -0.2) is 0 Å². The molecule has 1 fully saturated rings. The van der Waals surface area contributed by atoms with E-state index in [9.17, 15) is 9.90 Å². The van der Waals surface area contributed by atoms with Crippen LogP contribution in [-0.4, -0.2) is 43.1 Å². The largest absolute Gasteiger partial charge is 0.507 e. The number of benzene rings is 2. The highest BCUT2D eigenvalue weighted by atomic mass is 16.5. The Morgan fingerprint density at radius 2 is 1.90 bits per heavy atom. The molecule has 2 aliphatic heterocycles. The fraction of sp³-hybridized carbons (Fsp3) is 0.348. The lowest BCUT2D eigenvalue weighted by Crippen LogP contribution is -2.29. The minimum Gasteiger partial charge on any atom is -0.507 e. The molecular formula is C23H25NO5. The Morgan fingerprint density at radius 1 is 1.10 bits per heavy atom. The summed E-state index contributed by atoms with van der Waals surface area (Å²) >= 11 is 0. The summed E-state index contributed by atoms with van der Waals surface area (Å²) in [5, 5.41) is 10.4. The van der Waals surface area contributed by atoms with E-state index in [4.69, 9.17) is 14.2 Å². The van der Waals surface area contributed by atoms with Gasteiger partial charge in [-0.15, -0.1) is 0 Å². The van der Waals surface area contributed by atoms with Gasteiger partial charge in [0.05, 0.1) is 25.3 Å². The maximum atomic E-state index is 13.0. The Balaban J connectivity index is 1.68. The van der Waals surface area contributed by atoms with Gasteiger partial charge in [-0.05, 0) is 50.2 Å². The fourth-order valence-electron chi connectivity index (χ4n) is 3.96. The van der Waals surface area contributed by atoms with Crippen molar-refractivity contribution in [2.45, 2.75) is 25.8 Å². The van der Waals surface area contributed by atoms with Crippen LogP contribution in [0.4, 0.5) is 0 Å². The minimum atomic E-state index is -0.204. The van der Waals surface area contributed by atoms with E-state index in [0.717, 1.165) is 25.9 Å². The summed E-state index contributed by atoms with van der Waals surface area (Å²) in [5.41, 5.74) is 1.83. The first-order chi connectivity index (χ1) is 14.1. The number of phenolic OH excluding ortho intramolecular Hbond substituents is 1. The van der Waals surface area contributed by atoms with Gasteiger partial charge >= 0.3 is 0 Å². The molecular weight excluding hydrogens is 370 g/mol. The molecule has 0 radical (unpaired) electrons. The second kappa shape index (κ2) is 8.17. The Bertz CT molecular complexity index is 960. The van der Waals surface area contributed by atoms with Crippen molar-refractivity contribution in [1.29, 1.82) is 0 Å². The highest BCUT2D eigenvalue weighted by molar-refractivity contribution is 6.15. The summed E-state index contributed by atoms with van der Waals surface area (Å²) in [6, 6.07) is 8.65. The SMILES string of the molecule is COc1cccc(C=C2Oc3c(ccc(O)c3CN3CCCCC3)C2=O)c1OC. The predicted octanol–water partition coefficient (Wildman–Crippen LogP) is 4.01. The average molecular weight is 395 g/mol. The first-order valence-corrected chi connectivity index (χ1v) is 9.85. The number of ketones is 1. The van der Waals surface area contributed by atoms with Crippen molar-refractivity contribution in [2.24, 2.45) is 0 Å². The van der Waals surface area contributed by atoms with Crippen LogP contribution in [0.5, 0.6) is 23.0 Å². The van der Waals surface area contributed by atoms with E-state index in [1.807, 2.05) is 12.1 Å². The molecule has 2 aromatic carbocycles. The molecule has 0 unspecified atom stereocenters. The van der Waals surface area contributed by atoms with E-state index in [1.165, 1.54) is 6.42 Å². The van der Waals surface area contributed by atoms with Crippen LogP contribution in [0.15, 0.2) is 36.1 Å². The molecule has 152 valence electrons. The summed E-state index contributed by atoms with van der Waals surface area (Å²) in [6.45, 7) is 2.54. The van der Waals surface area contributed by atoms with Crippen LogP contribution < -0.4 is 14.2 Å². The van der Waals surface area contributed by atoms with Gasteiger partial charge in [0.15, 0.2) is 17.3 Å². The Hall–Kier alpha value is -2.99. The maximum absolute atomic E-state index is 13.0. The molecule has 29 heavy (non-hydrogen) atoms. The van der Waals surface area contributed by atoms with Gasteiger partial charge in [0.2, 0.25) is 5.78 Å². The Kier molecular flexibility index (Phi) is 5.45. The number of hydrogen-bond acceptors (Lipinski definition) is 6. The second-order valence-electron chi connectivity index (χ2n) is 7.30. The topological polar surface area (TPSA) is 68.2 Å². The number of Topliss-reactive ketones (excluding diaryl/α,β-unsaturated/α-hetero) is 1. The van der Waals surface area contributed by atoms with Gasteiger partial charge in [-0.3, -0.25) is 9.69 Å². The smallest absolute Gasteiger partial charge is 0.231 e. The normalized spacial score (nSPS) is 17.9. The number of likely N-dealkylation sites (tertiary alicyclic amines) is 1. The molecule has 0 saturated carbocycles. The van der Waals surface area contributed by atoms with Crippen LogP contribution in [-0.2, 0) is 6.54 Å². The molecule has 1 N–H and O–H groups in total. The van der Waals surface area contributed by atoms with Gasteiger partial charge in [-0.1, -0.05) is 18.6 Å². The van der Waals surface area contributed by atoms with Crippen molar-refractivity contribution in [3.05, 3.63) is 52.8 Å². The van der Waals surface area contributed by atoms with Crippen LogP contribution in [0.2, 0.25) is 0 Å². The number of piperidine rings is 1. The number of aromatic hydroxyl groups is 1. The van der Waals surface area contributed by atoms with Crippen LogP contribution in [0.25, 0.3) is 6.08 Å². The number of phenols is 1. The molecule has 6 nitrogen and oxygen atoms in total. The number of allylic oxidation sites excluding steroid dienone is 1. The zero-order chi connectivity index (χ0) is 20.4. The highest BCUT2D eigenvalue weighted by Gasteiger charge is 2.32. The van der Waals surface area contributed by atoms with E-state index in [-0.39, 0.29) is 17.3 Å². The van der Waals surface area contributed by atoms with Crippen molar-refractivity contribution in [3.63, 3.8) is 0 Å². The third kappa shape index (κ3) is 3.68. The number of para-hydroxylation sites is 1. The number of carbonyl (C=O) groups excluding carboxylic acids is 1. The molecule has 0 aliphatic carbocycles. The summed E-state index contributed by atoms with van der Waals surface area (Å²) in [5.74, 6) is 1.72. The van der Waals surface area contributed by atoms with E-state index >= 15 is 0 Å². The van der Waals surface area contributed by atoms with Gasteiger partial charge < -0.3 is 19.3 Å². The molecule has 0 atom stereocenters. The summed E-state index contributed by atoms with van der Waals surface area (Å²) in [4.78, 5) is 15.2. The van der Waals surface area contributed by atoms with Gasteiger partial charge in [0.25, 0.3) is 0 Å². The van der Waals surface area contributed by atoms with Crippen molar-refractivity contribution in [2.75, 3.05) is 27.3 Å². The lowest BCUT2D eigenvalue weighted by atomic mass is 10.0. The molecule has 0 spiro atoms. The number of methoxy groups -OCH3 is 2. The Labute approximate surface area is 170 Å². The van der Waals surface area contributed by atoms with E-state index < -0.39 is 0 Å². The molecule has 2 heterocycles. The Morgan fingerprint density at radius 3 is 2.62 bits per heavy atom. The van der Waals surface area contributed by atoms with Crippen LogP contribution in [0, 0.1) is 0 Å². The summed E-state index contributed by atoms with van der Waals surface area (Å²) < 4.78 is 16.8. The van der Waals surface area contributed by atoms with Crippen molar-refractivity contribution >= 4 is 11.9 Å². The number of fused-ring (bicyclic) bond motifs is 1. The number of carbonyl (C=O) groups is 1. The standard InChI is InChI=1S/C23H25NO5/c1-27-19-8-6-7-15(22(19)28-2)13-20-21(26)16-9-10-18(25)17(23(16)29-20)14-24-11-4-3-5-12-24/h6-10,13,25H,3-5,11-12,14H2,1-2H3. The molecule has 2 aliphatic rings. The first-order valence-electron chi connectivity index (χ1n) is 9.85. The maximum Gasteiger partial charge on any atom is 0.231 e. The van der Waals surface area contributed by atoms with Gasteiger partial charge in [0.1, 0.15) is 11.5 Å². The molecule has 4 rings (SSSR count). The van der Waals surface area contributed by atoms with Crippen LogP contribution >= 0.6 is 0 Å². The van der Waals surface area contributed by atoms with Crippen LogP contribution in [0.1, 0.15) is 40.7 Å². The monoisotopic (exact) mass is 395 g/mol. The predicted molar refractivity (Wildman–Crippen MR) is 110 cm³/mol. The van der Waals surface area contributed by atoms with Gasteiger partial charge in [-0.2, -0.15) is 0 Å². The van der Waals surface area contributed by atoms with E-state index in [2.05, 4.69) is 4.90 Å². The fourth-order valence-corrected chi connectivity index (χ4v) is 3.96. The number of hydrogen-bond donors (Lipinski definition) is 1. The summed E-state index contributed by atoms with van der Waals surface area (Å²) in [6.07, 6.45) is 5.19. The number of nitrogens with zero attached hydrogens (tertiary/aromatic N) is 1. The third-order valence-corrected chi connectivity index (χ3v) is 5.47. The van der Waals surface area contributed by atoms with E-state index in [1.54, 1.807) is 38.5 Å². The van der Waals surface area contributed by atoms with Crippen molar-refractivity contribution in [1.82, 2.24) is 4.90 Å².